The number of aromatic hydroxyl groups is 1. The smallest absolute Gasteiger partial charge is 0.315 e. The summed E-state index contributed by atoms with van der Waals surface area (Å²) in [6.07, 6.45) is 5.76. The number of phenolic OH excluding ortho intramolecular Hbond substituents is 1. The van der Waals surface area contributed by atoms with Gasteiger partial charge in [-0.2, -0.15) is 0 Å². The second-order valence-electron chi connectivity index (χ2n) is 10.5. The first-order chi connectivity index (χ1) is 18.4. The number of ether oxygens (including phenoxy) is 3. The molecule has 0 aromatic heterocycles. The van der Waals surface area contributed by atoms with E-state index in [1.54, 1.807) is 32.4 Å². The average molecular weight is 518 g/mol. The second kappa shape index (κ2) is 11.0. The number of benzene rings is 2. The van der Waals surface area contributed by atoms with Crippen molar-refractivity contribution in [3.8, 4) is 17.2 Å². The van der Waals surface area contributed by atoms with Crippen molar-refractivity contribution in [2.45, 2.75) is 69.8 Å². The van der Waals surface area contributed by atoms with Crippen molar-refractivity contribution in [3.63, 3.8) is 0 Å². The number of aliphatic imine (C=N–C) groups is 1. The molecule has 1 unspecified atom stereocenters. The van der Waals surface area contributed by atoms with E-state index < -0.39 is 11.8 Å². The average Bonchev–Trinajstić information content (AvgIpc) is 2.92. The van der Waals surface area contributed by atoms with Crippen molar-refractivity contribution in [3.05, 3.63) is 64.9 Å². The molecule has 3 atom stereocenters. The molecular weight excluding hydrogens is 482 g/mol. The molecule has 7 nitrogen and oxygen atoms in total. The van der Waals surface area contributed by atoms with Gasteiger partial charge in [-0.15, -0.1) is 0 Å². The van der Waals surface area contributed by atoms with Crippen LogP contribution in [-0.4, -0.2) is 42.9 Å². The third kappa shape index (κ3) is 5.06. The Morgan fingerprint density at radius 1 is 0.947 bits per heavy atom. The number of ketones is 1. The van der Waals surface area contributed by atoms with Crippen LogP contribution in [0.1, 0.15) is 74.8 Å². The summed E-state index contributed by atoms with van der Waals surface area (Å²) >= 11 is 0. The standard InChI is InChI=1S/C31H35NO6/c1-18-28(31(35)38-23-10-5-4-6-11-23)29(20-8-7-9-22(33)14-20)30-24(32-18)15-21(16-25(30)34)19-12-13-26(36-2)27(17-19)37-3/h7-9,12-14,17,21,23,28-29,33H,4-6,10-11,15-16H2,1-3H3/t21-,28?,29+/m1/s1. The number of phenols is 1. The molecule has 7 heteroatoms. The summed E-state index contributed by atoms with van der Waals surface area (Å²) in [7, 11) is 3.19. The van der Waals surface area contributed by atoms with Crippen LogP contribution < -0.4 is 9.47 Å². The molecule has 5 rings (SSSR count). The minimum absolute atomic E-state index is 0.0360. The second-order valence-corrected chi connectivity index (χ2v) is 10.5. The van der Waals surface area contributed by atoms with Crippen molar-refractivity contribution in [1.29, 1.82) is 0 Å². The van der Waals surface area contributed by atoms with E-state index in [0.29, 0.717) is 41.3 Å². The van der Waals surface area contributed by atoms with Gasteiger partial charge in [0.2, 0.25) is 0 Å². The van der Waals surface area contributed by atoms with Gasteiger partial charge in [0, 0.05) is 29.3 Å². The van der Waals surface area contributed by atoms with Gasteiger partial charge in [0.1, 0.15) is 17.8 Å². The van der Waals surface area contributed by atoms with Crippen molar-refractivity contribution in [2.75, 3.05) is 14.2 Å². The Morgan fingerprint density at radius 2 is 1.71 bits per heavy atom. The van der Waals surface area contributed by atoms with Crippen LogP contribution in [0.4, 0.5) is 0 Å². The van der Waals surface area contributed by atoms with Crippen molar-refractivity contribution >= 4 is 17.5 Å². The van der Waals surface area contributed by atoms with Gasteiger partial charge in [-0.05, 0) is 80.3 Å². The summed E-state index contributed by atoms with van der Waals surface area (Å²) in [5.74, 6) is -0.372. The minimum Gasteiger partial charge on any atom is -0.508 e. The highest BCUT2D eigenvalue weighted by Crippen LogP contribution is 2.48. The number of nitrogens with zero attached hydrogens (tertiary/aromatic N) is 1. The summed E-state index contributed by atoms with van der Waals surface area (Å²) in [5, 5.41) is 10.3. The predicted octanol–water partition coefficient (Wildman–Crippen LogP) is 5.86. The monoisotopic (exact) mass is 517 g/mol. The summed E-state index contributed by atoms with van der Waals surface area (Å²) < 4.78 is 16.9. The lowest BCUT2D eigenvalue weighted by Crippen LogP contribution is -2.39. The summed E-state index contributed by atoms with van der Waals surface area (Å²) in [5.41, 5.74) is 3.59. The van der Waals surface area contributed by atoms with E-state index in [2.05, 4.69) is 0 Å². The number of carbonyl (C=O) groups is 2. The number of allylic oxidation sites excluding steroid dienone is 2. The van der Waals surface area contributed by atoms with Crippen molar-refractivity contribution in [1.82, 2.24) is 0 Å². The topological polar surface area (TPSA) is 94.4 Å². The van der Waals surface area contributed by atoms with E-state index in [1.165, 1.54) is 0 Å². The Kier molecular flexibility index (Phi) is 7.54. The fraction of sp³-hybridized carbons (Fsp3) is 0.452. The maximum Gasteiger partial charge on any atom is 0.315 e. The number of methoxy groups -OCH3 is 2. The van der Waals surface area contributed by atoms with Crippen LogP contribution in [0.5, 0.6) is 17.2 Å². The van der Waals surface area contributed by atoms with E-state index in [9.17, 15) is 14.7 Å². The third-order valence-corrected chi connectivity index (χ3v) is 8.09. The molecule has 0 amide bonds. The van der Waals surface area contributed by atoms with Crippen molar-refractivity contribution < 1.29 is 28.9 Å². The van der Waals surface area contributed by atoms with Gasteiger partial charge in [-0.3, -0.25) is 14.6 Å². The molecular formula is C31H35NO6. The van der Waals surface area contributed by atoms with E-state index >= 15 is 0 Å². The highest BCUT2D eigenvalue weighted by molar-refractivity contribution is 6.09. The molecule has 0 spiro atoms. The highest BCUT2D eigenvalue weighted by atomic mass is 16.5. The number of hydrogen-bond acceptors (Lipinski definition) is 7. The van der Waals surface area contributed by atoms with Crippen LogP contribution in [0, 0.1) is 5.92 Å². The molecule has 1 fully saturated rings. The fourth-order valence-corrected chi connectivity index (χ4v) is 6.21. The van der Waals surface area contributed by atoms with Gasteiger partial charge < -0.3 is 19.3 Å². The molecule has 200 valence electrons. The lowest BCUT2D eigenvalue weighted by Gasteiger charge is -2.37. The maximum absolute atomic E-state index is 13.8. The summed E-state index contributed by atoms with van der Waals surface area (Å²) in [4.78, 5) is 32.3. The Morgan fingerprint density at radius 3 is 2.42 bits per heavy atom. The maximum atomic E-state index is 13.8. The zero-order chi connectivity index (χ0) is 26.8. The SMILES string of the molecule is COc1ccc([C@H]2CC(=O)C3=C(C2)N=C(C)C(C(=O)OC2CCCCC2)[C@@H]3c2cccc(O)c2)cc1OC. The predicted molar refractivity (Wildman–Crippen MR) is 144 cm³/mol. The molecule has 3 aliphatic rings. The lowest BCUT2D eigenvalue weighted by atomic mass is 9.69. The fourth-order valence-electron chi connectivity index (χ4n) is 6.21. The first-order valence-corrected chi connectivity index (χ1v) is 13.4. The van der Waals surface area contributed by atoms with Crippen LogP contribution in [0.3, 0.4) is 0 Å². The largest absolute Gasteiger partial charge is 0.508 e. The van der Waals surface area contributed by atoms with E-state index in [4.69, 9.17) is 19.2 Å². The molecule has 2 aromatic carbocycles. The van der Waals surface area contributed by atoms with Crippen LogP contribution >= 0.6 is 0 Å². The Balaban J connectivity index is 1.51. The zero-order valence-electron chi connectivity index (χ0n) is 22.2. The Labute approximate surface area is 223 Å². The van der Waals surface area contributed by atoms with Gasteiger partial charge in [0.25, 0.3) is 0 Å². The number of carbonyl (C=O) groups excluding carboxylic acids is 2. The highest BCUT2D eigenvalue weighted by Gasteiger charge is 2.45. The van der Waals surface area contributed by atoms with Crippen LogP contribution in [0.2, 0.25) is 0 Å². The van der Waals surface area contributed by atoms with Gasteiger partial charge in [-0.25, -0.2) is 0 Å². The number of rotatable bonds is 6. The molecule has 0 saturated heterocycles. The minimum atomic E-state index is -0.709. The molecule has 1 saturated carbocycles. The Hall–Kier alpha value is -3.61. The quantitative estimate of drug-likeness (QED) is 0.482. The van der Waals surface area contributed by atoms with E-state index in [-0.39, 0.29) is 29.5 Å². The van der Waals surface area contributed by atoms with Crippen LogP contribution in [0.25, 0.3) is 0 Å². The normalized spacial score (nSPS) is 23.9. The van der Waals surface area contributed by atoms with Gasteiger partial charge in [0.15, 0.2) is 17.3 Å². The first-order valence-electron chi connectivity index (χ1n) is 13.4. The van der Waals surface area contributed by atoms with Gasteiger partial charge >= 0.3 is 5.97 Å². The van der Waals surface area contributed by atoms with E-state index in [1.807, 2.05) is 31.2 Å². The number of esters is 1. The Bertz CT molecular complexity index is 1290. The van der Waals surface area contributed by atoms with E-state index in [0.717, 1.165) is 43.2 Å². The molecule has 38 heavy (non-hydrogen) atoms. The molecule has 0 radical (unpaired) electrons. The van der Waals surface area contributed by atoms with Crippen LogP contribution in [0.15, 0.2) is 58.7 Å². The third-order valence-electron chi connectivity index (χ3n) is 8.09. The molecule has 2 aromatic rings. The molecule has 2 aliphatic carbocycles. The van der Waals surface area contributed by atoms with Crippen LogP contribution in [-0.2, 0) is 14.3 Å². The molecule has 1 aliphatic heterocycles. The number of hydrogen-bond donors (Lipinski definition) is 1. The van der Waals surface area contributed by atoms with Gasteiger partial charge in [-0.1, -0.05) is 24.6 Å². The lowest BCUT2D eigenvalue weighted by molar-refractivity contribution is -0.153. The zero-order valence-corrected chi connectivity index (χ0v) is 22.2. The first kappa shape index (κ1) is 26.0. The molecule has 1 N–H and O–H groups in total. The van der Waals surface area contributed by atoms with Crippen molar-refractivity contribution in [2.24, 2.45) is 10.9 Å². The summed E-state index contributed by atoms with van der Waals surface area (Å²) in [6, 6.07) is 12.6. The summed E-state index contributed by atoms with van der Waals surface area (Å²) in [6.45, 7) is 1.84. The van der Waals surface area contributed by atoms with Gasteiger partial charge in [0.05, 0.1) is 14.2 Å². The molecule has 1 heterocycles. The number of Topliss-reactive ketones (excluding diaryl/α,β-unsaturated/α-hetero) is 1. The molecule has 0 bridgehead atoms.